The Morgan fingerprint density at radius 1 is 1.47 bits per heavy atom. The van der Waals surface area contributed by atoms with E-state index in [9.17, 15) is 9.90 Å². The Morgan fingerprint density at radius 3 is 2.94 bits per heavy atom. The van der Waals surface area contributed by atoms with Crippen molar-refractivity contribution in [3.05, 3.63) is 28.8 Å². The van der Waals surface area contributed by atoms with E-state index in [1.54, 1.807) is 0 Å². The predicted octanol–water partition coefficient (Wildman–Crippen LogP) is 2.47. The average molecular weight is 253 g/mol. The molecule has 0 unspecified atom stereocenters. The minimum Gasteiger partial charge on any atom is -0.508 e. The van der Waals surface area contributed by atoms with Gasteiger partial charge in [-0.2, -0.15) is 5.26 Å². The first kappa shape index (κ1) is 13.3. The van der Waals surface area contributed by atoms with E-state index < -0.39 is 0 Å². The van der Waals surface area contributed by atoms with Gasteiger partial charge in [0.15, 0.2) is 0 Å². The highest BCUT2D eigenvalue weighted by Crippen LogP contribution is 2.20. The Hall–Kier alpha value is -1.73. The van der Waals surface area contributed by atoms with E-state index in [-0.39, 0.29) is 17.2 Å². The van der Waals surface area contributed by atoms with Crippen LogP contribution in [-0.2, 0) is 0 Å². The largest absolute Gasteiger partial charge is 0.508 e. The molecule has 0 atom stereocenters. The Kier molecular flexibility index (Phi) is 5.31. The fourth-order valence-corrected chi connectivity index (χ4v) is 1.52. The van der Waals surface area contributed by atoms with E-state index in [0.717, 1.165) is 12.8 Å². The van der Waals surface area contributed by atoms with Crippen molar-refractivity contribution in [1.82, 2.24) is 5.32 Å². The molecule has 1 amide bonds. The van der Waals surface area contributed by atoms with Crippen LogP contribution in [0.5, 0.6) is 5.75 Å². The number of hydrogen-bond acceptors (Lipinski definition) is 3. The molecule has 5 heteroatoms. The molecule has 90 valence electrons. The number of carbonyl (C=O) groups excluding carboxylic acids is 1. The van der Waals surface area contributed by atoms with Gasteiger partial charge in [-0.3, -0.25) is 4.79 Å². The fourth-order valence-electron chi connectivity index (χ4n) is 1.31. The van der Waals surface area contributed by atoms with Crippen molar-refractivity contribution in [1.29, 1.82) is 5.26 Å². The van der Waals surface area contributed by atoms with E-state index in [0.29, 0.717) is 18.0 Å². The van der Waals surface area contributed by atoms with E-state index >= 15 is 0 Å². The number of carbonyl (C=O) groups is 1. The highest BCUT2D eigenvalue weighted by molar-refractivity contribution is 6.33. The highest BCUT2D eigenvalue weighted by Gasteiger charge is 2.10. The first-order valence-corrected chi connectivity index (χ1v) is 5.66. The smallest absolute Gasteiger partial charge is 0.252 e. The number of nitriles is 1. The van der Waals surface area contributed by atoms with Crippen LogP contribution in [0.4, 0.5) is 0 Å². The van der Waals surface area contributed by atoms with Gasteiger partial charge < -0.3 is 10.4 Å². The number of unbranched alkanes of at least 4 members (excludes halogenated alkanes) is 2. The lowest BCUT2D eigenvalue weighted by molar-refractivity contribution is 0.0953. The van der Waals surface area contributed by atoms with Crippen LogP contribution in [0.3, 0.4) is 0 Å². The van der Waals surface area contributed by atoms with Crippen molar-refractivity contribution in [3.63, 3.8) is 0 Å². The van der Waals surface area contributed by atoms with Crippen LogP contribution < -0.4 is 5.32 Å². The summed E-state index contributed by atoms with van der Waals surface area (Å²) in [5.74, 6) is -0.313. The topological polar surface area (TPSA) is 73.1 Å². The maximum absolute atomic E-state index is 11.7. The summed E-state index contributed by atoms with van der Waals surface area (Å²) in [4.78, 5) is 11.7. The number of aromatic hydroxyl groups is 1. The van der Waals surface area contributed by atoms with Crippen LogP contribution >= 0.6 is 11.6 Å². The first-order valence-electron chi connectivity index (χ1n) is 5.29. The van der Waals surface area contributed by atoms with Crippen LogP contribution in [-0.4, -0.2) is 17.6 Å². The van der Waals surface area contributed by atoms with Crippen molar-refractivity contribution in [3.8, 4) is 11.8 Å². The monoisotopic (exact) mass is 252 g/mol. The Morgan fingerprint density at radius 2 is 2.24 bits per heavy atom. The van der Waals surface area contributed by atoms with Gasteiger partial charge in [0.1, 0.15) is 5.75 Å². The minimum atomic E-state index is -0.317. The van der Waals surface area contributed by atoms with E-state index in [4.69, 9.17) is 16.9 Å². The quantitative estimate of drug-likeness (QED) is 0.791. The van der Waals surface area contributed by atoms with Crippen LogP contribution in [0.1, 0.15) is 29.6 Å². The molecule has 1 rings (SSSR count). The number of nitrogens with zero attached hydrogens (tertiary/aromatic N) is 1. The predicted molar refractivity (Wildman–Crippen MR) is 64.9 cm³/mol. The summed E-state index contributed by atoms with van der Waals surface area (Å²) in [6, 6.07) is 6.26. The molecule has 0 bridgehead atoms. The number of amides is 1. The summed E-state index contributed by atoms with van der Waals surface area (Å²) < 4.78 is 0. The molecule has 4 nitrogen and oxygen atoms in total. The zero-order valence-corrected chi connectivity index (χ0v) is 10.00. The molecule has 0 saturated heterocycles. The summed E-state index contributed by atoms with van der Waals surface area (Å²) in [5.41, 5.74) is 0.256. The molecule has 2 N–H and O–H groups in total. The maximum atomic E-state index is 11.7. The number of phenols is 1. The van der Waals surface area contributed by atoms with Gasteiger partial charge in [-0.25, -0.2) is 0 Å². The molecule has 0 spiro atoms. The van der Waals surface area contributed by atoms with Gasteiger partial charge in [0.05, 0.1) is 16.7 Å². The minimum absolute atomic E-state index is 0.00373. The lowest BCUT2D eigenvalue weighted by atomic mass is 10.2. The SMILES string of the molecule is N#CCCCCNC(=O)c1cc(O)ccc1Cl. The standard InChI is InChI=1S/C12H13ClN2O2/c13-11-5-4-9(16)8-10(11)12(17)15-7-3-1-2-6-14/h4-5,8,16H,1-3,7H2,(H,15,17). The van der Waals surface area contributed by atoms with Gasteiger partial charge >= 0.3 is 0 Å². The highest BCUT2D eigenvalue weighted by atomic mass is 35.5. The summed E-state index contributed by atoms with van der Waals surface area (Å²) in [7, 11) is 0. The molecular weight excluding hydrogens is 240 g/mol. The zero-order valence-electron chi connectivity index (χ0n) is 9.24. The zero-order chi connectivity index (χ0) is 12.7. The Balaban J connectivity index is 2.47. The second-order valence-electron chi connectivity index (χ2n) is 3.54. The Labute approximate surface area is 105 Å². The summed E-state index contributed by atoms with van der Waals surface area (Å²) in [6.07, 6.45) is 1.99. The molecule has 0 aliphatic rings. The van der Waals surface area contributed by atoms with Gasteiger partial charge in [-0.15, -0.1) is 0 Å². The molecule has 0 aromatic heterocycles. The van der Waals surface area contributed by atoms with Gasteiger partial charge in [0.2, 0.25) is 0 Å². The second-order valence-corrected chi connectivity index (χ2v) is 3.94. The third-order valence-electron chi connectivity index (χ3n) is 2.20. The molecule has 17 heavy (non-hydrogen) atoms. The first-order chi connectivity index (χ1) is 8.15. The van der Waals surface area contributed by atoms with Crippen LogP contribution in [0, 0.1) is 11.3 Å². The van der Waals surface area contributed by atoms with E-state index in [2.05, 4.69) is 5.32 Å². The van der Waals surface area contributed by atoms with E-state index in [1.165, 1.54) is 18.2 Å². The normalized spacial score (nSPS) is 9.65. The van der Waals surface area contributed by atoms with Gasteiger partial charge in [0.25, 0.3) is 5.91 Å². The molecular formula is C12H13ClN2O2. The maximum Gasteiger partial charge on any atom is 0.252 e. The molecule has 0 saturated carbocycles. The van der Waals surface area contributed by atoms with Gasteiger partial charge in [-0.1, -0.05) is 11.6 Å². The van der Waals surface area contributed by atoms with E-state index in [1.807, 2.05) is 6.07 Å². The molecule has 1 aromatic carbocycles. The van der Waals surface area contributed by atoms with Crippen molar-refractivity contribution >= 4 is 17.5 Å². The summed E-state index contributed by atoms with van der Waals surface area (Å²) in [5, 5.41) is 20.6. The summed E-state index contributed by atoms with van der Waals surface area (Å²) >= 11 is 5.84. The second kappa shape index (κ2) is 6.77. The molecule has 0 aliphatic heterocycles. The molecule has 1 aromatic rings. The van der Waals surface area contributed by atoms with Crippen LogP contribution in [0.15, 0.2) is 18.2 Å². The average Bonchev–Trinajstić information content (AvgIpc) is 2.32. The number of benzene rings is 1. The third-order valence-corrected chi connectivity index (χ3v) is 2.53. The number of phenolic OH excluding ortho intramolecular Hbond substituents is 1. The fraction of sp³-hybridized carbons (Fsp3) is 0.333. The molecule has 0 radical (unpaired) electrons. The third kappa shape index (κ3) is 4.33. The molecule has 0 aliphatic carbocycles. The van der Waals surface area contributed by atoms with Crippen LogP contribution in [0.2, 0.25) is 5.02 Å². The Bertz CT molecular complexity index is 441. The number of nitrogens with one attached hydrogen (secondary N) is 1. The lowest BCUT2D eigenvalue weighted by Crippen LogP contribution is -2.24. The lowest BCUT2D eigenvalue weighted by Gasteiger charge is -2.06. The van der Waals surface area contributed by atoms with Crippen molar-refractivity contribution in [2.75, 3.05) is 6.54 Å². The molecule has 0 heterocycles. The van der Waals surface area contributed by atoms with Crippen LogP contribution in [0.25, 0.3) is 0 Å². The van der Waals surface area contributed by atoms with Crippen molar-refractivity contribution in [2.24, 2.45) is 0 Å². The van der Waals surface area contributed by atoms with Crippen molar-refractivity contribution < 1.29 is 9.90 Å². The van der Waals surface area contributed by atoms with Gasteiger partial charge in [-0.05, 0) is 31.0 Å². The molecule has 0 fully saturated rings. The number of hydrogen-bond donors (Lipinski definition) is 2. The number of halogens is 1. The van der Waals surface area contributed by atoms with Gasteiger partial charge in [0, 0.05) is 13.0 Å². The van der Waals surface area contributed by atoms with Crippen molar-refractivity contribution in [2.45, 2.75) is 19.3 Å². The summed E-state index contributed by atoms with van der Waals surface area (Å²) in [6.45, 7) is 0.493. The number of rotatable bonds is 5.